The van der Waals surface area contributed by atoms with E-state index >= 15 is 0 Å². The summed E-state index contributed by atoms with van der Waals surface area (Å²) < 4.78 is 11.4. The minimum atomic E-state index is 0.355. The zero-order valence-electron chi connectivity index (χ0n) is 15.2. The van der Waals surface area contributed by atoms with Crippen molar-refractivity contribution < 1.29 is 8.83 Å². The van der Waals surface area contributed by atoms with Gasteiger partial charge in [0.25, 0.3) is 0 Å². The molecule has 0 fully saturated rings. The van der Waals surface area contributed by atoms with E-state index < -0.39 is 0 Å². The second-order valence-electron chi connectivity index (χ2n) is 6.52. The van der Waals surface area contributed by atoms with Crippen LogP contribution in [0.2, 0.25) is 0 Å². The van der Waals surface area contributed by atoms with Crippen molar-refractivity contribution in [3.05, 3.63) is 84.6 Å². The summed E-state index contributed by atoms with van der Waals surface area (Å²) in [5, 5.41) is 6.59. The Morgan fingerprint density at radius 1 is 0.893 bits per heavy atom. The van der Waals surface area contributed by atoms with Crippen LogP contribution >= 0.6 is 0 Å². The lowest BCUT2D eigenvalue weighted by molar-refractivity contribution is 0.573. The number of para-hydroxylation sites is 1. The Kier molecular flexibility index (Phi) is 3.91. The highest BCUT2D eigenvalue weighted by atomic mass is 16.4. The third kappa shape index (κ3) is 2.93. The summed E-state index contributed by atoms with van der Waals surface area (Å²) in [7, 11) is 0. The number of rotatable bonds is 4. The maximum atomic E-state index is 5.88. The molecule has 0 radical (unpaired) electrons. The van der Waals surface area contributed by atoms with Gasteiger partial charge in [-0.25, -0.2) is 5.43 Å². The van der Waals surface area contributed by atoms with E-state index in [2.05, 4.69) is 27.6 Å². The molecule has 28 heavy (non-hydrogen) atoms. The quantitative estimate of drug-likeness (QED) is 0.309. The van der Waals surface area contributed by atoms with Crippen LogP contribution in [-0.4, -0.2) is 10.7 Å². The molecule has 1 N–H and O–H groups in total. The van der Waals surface area contributed by atoms with Crippen LogP contribution in [-0.2, 0) is 0 Å². The smallest absolute Gasteiger partial charge is 0.316 e. The lowest BCUT2D eigenvalue weighted by atomic mass is 10.1. The second kappa shape index (κ2) is 6.70. The predicted molar refractivity (Wildman–Crippen MR) is 111 cm³/mol. The topological polar surface area (TPSA) is 63.6 Å². The van der Waals surface area contributed by atoms with Gasteiger partial charge in [0.2, 0.25) is 0 Å². The molecule has 5 aromatic rings. The third-order valence-electron chi connectivity index (χ3n) is 4.69. The average Bonchev–Trinajstić information content (AvgIpc) is 3.37. The lowest BCUT2D eigenvalue weighted by Crippen LogP contribution is -1.99. The van der Waals surface area contributed by atoms with Crippen LogP contribution in [0.25, 0.3) is 33.2 Å². The number of oxazole rings is 1. The SMILES string of the molecule is CC(=NNc1nc(-c2ccccc2)co1)c1ccc2oc3ccccc3c2c1. The van der Waals surface area contributed by atoms with Crippen molar-refractivity contribution in [2.75, 3.05) is 5.43 Å². The van der Waals surface area contributed by atoms with Crippen LogP contribution in [0.15, 0.2) is 93.0 Å². The molecule has 0 spiro atoms. The molecule has 136 valence electrons. The molecule has 3 aromatic carbocycles. The van der Waals surface area contributed by atoms with Gasteiger partial charge in [-0.3, -0.25) is 0 Å². The van der Waals surface area contributed by atoms with Crippen molar-refractivity contribution in [1.82, 2.24) is 4.98 Å². The first kappa shape index (κ1) is 16.3. The maximum absolute atomic E-state index is 5.88. The van der Waals surface area contributed by atoms with Gasteiger partial charge in [-0.2, -0.15) is 10.1 Å². The number of nitrogens with zero attached hydrogens (tertiary/aromatic N) is 2. The van der Waals surface area contributed by atoms with E-state index in [0.717, 1.165) is 44.5 Å². The van der Waals surface area contributed by atoms with E-state index in [9.17, 15) is 0 Å². The van der Waals surface area contributed by atoms with Gasteiger partial charge in [-0.05, 0) is 36.8 Å². The first-order chi connectivity index (χ1) is 13.8. The minimum absolute atomic E-state index is 0.355. The summed E-state index contributed by atoms with van der Waals surface area (Å²) in [5.74, 6) is 0. The molecule has 0 saturated heterocycles. The van der Waals surface area contributed by atoms with E-state index in [-0.39, 0.29) is 0 Å². The van der Waals surface area contributed by atoms with Crippen molar-refractivity contribution in [1.29, 1.82) is 0 Å². The van der Waals surface area contributed by atoms with Gasteiger partial charge in [0, 0.05) is 16.3 Å². The normalized spacial score (nSPS) is 12.0. The molecule has 0 aliphatic heterocycles. The van der Waals surface area contributed by atoms with Crippen LogP contribution in [0, 0.1) is 0 Å². The van der Waals surface area contributed by atoms with Crippen LogP contribution < -0.4 is 5.43 Å². The van der Waals surface area contributed by atoms with Gasteiger partial charge in [-0.15, -0.1) is 0 Å². The average molecular weight is 367 g/mol. The number of fused-ring (bicyclic) bond motifs is 3. The van der Waals surface area contributed by atoms with Crippen LogP contribution in [0.4, 0.5) is 6.01 Å². The number of benzene rings is 3. The van der Waals surface area contributed by atoms with Crippen molar-refractivity contribution in [3.63, 3.8) is 0 Å². The van der Waals surface area contributed by atoms with Crippen LogP contribution in [0.3, 0.4) is 0 Å². The molecule has 0 aliphatic carbocycles. The Labute approximate surface area is 161 Å². The highest BCUT2D eigenvalue weighted by Gasteiger charge is 2.09. The molecule has 2 heterocycles. The van der Waals surface area contributed by atoms with E-state index in [4.69, 9.17) is 8.83 Å². The minimum Gasteiger partial charge on any atom is -0.456 e. The number of anilines is 1. The highest BCUT2D eigenvalue weighted by Crippen LogP contribution is 2.29. The number of hydrogen-bond donors (Lipinski definition) is 1. The van der Waals surface area contributed by atoms with Crippen molar-refractivity contribution in [2.45, 2.75) is 6.92 Å². The van der Waals surface area contributed by atoms with Crippen molar-refractivity contribution in [3.8, 4) is 11.3 Å². The predicted octanol–water partition coefficient (Wildman–Crippen LogP) is 6.08. The number of hydrazone groups is 1. The second-order valence-corrected chi connectivity index (χ2v) is 6.52. The fourth-order valence-electron chi connectivity index (χ4n) is 3.21. The molecule has 5 heteroatoms. The van der Waals surface area contributed by atoms with Gasteiger partial charge < -0.3 is 8.83 Å². The van der Waals surface area contributed by atoms with Crippen LogP contribution in [0.1, 0.15) is 12.5 Å². The molecular weight excluding hydrogens is 350 g/mol. The molecule has 0 bridgehead atoms. The van der Waals surface area contributed by atoms with Gasteiger partial charge >= 0.3 is 6.01 Å². The first-order valence-corrected chi connectivity index (χ1v) is 9.01. The molecule has 5 rings (SSSR count). The number of hydrogen-bond acceptors (Lipinski definition) is 5. The third-order valence-corrected chi connectivity index (χ3v) is 4.69. The molecule has 5 nitrogen and oxygen atoms in total. The molecule has 0 unspecified atom stereocenters. The molecule has 0 saturated carbocycles. The van der Waals surface area contributed by atoms with Gasteiger partial charge in [0.05, 0.1) is 5.71 Å². The zero-order valence-corrected chi connectivity index (χ0v) is 15.2. The molecule has 0 amide bonds. The van der Waals surface area contributed by atoms with Crippen molar-refractivity contribution in [2.24, 2.45) is 5.10 Å². The number of furan rings is 1. The Hall–Kier alpha value is -3.86. The van der Waals surface area contributed by atoms with E-state index in [1.165, 1.54) is 0 Å². The standard InChI is InChI=1S/C23H17N3O2/c1-15(25-26-23-24-20(14-27-23)16-7-3-2-4-8-16)17-11-12-22-19(13-17)18-9-5-6-10-21(18)28-22/h2-14H,1H3,(H,24,26). The van der Waals surface area contributed by atoms with E-state index in [1.54, 1.807) is 6.26 Å². The van der Waals surface area contributed by atoms with Gasteiger partial charge in [0.15, 0.2) is 0 Å². The summed E-state index contributed by atoms with van der Waals surface area (Å²) in [6, 6.07) is 24.3. The number of aromatic nitrogens is 1. The molecule has 0 aliphatic rings. The first-order valence-electron chi connectivity index (χ1n) is 9.01. The fourth-order valence-corrected chi connectivity index (χ4v) is 3.21. The van der Waals surface area contributed by atoms with E-state index in [0.29, 0.717) is 6.01 Å². The Morgan fingerprint density at radius 3 is 2.57 bits per heavy atom. The molecule has 0 atom stereocenters. The molecule has 2 aromatic heterocycles. The van der Waals surface area contributed by atoms with E-state index in [1.807, 2.05) is 67.6 Å². The highest BCUT2D eigenvalue weighted by molar-refractivity contribution is 6.09. The van der Waals surface area contributed by atoms with Gasteiger partial charge in [-0.1, -0.05) is 48.5 Å². The van der Waals surface area contributed by atoms with Crippen molar-refractivity contribution >= 4 is 33.7 Å². The monoisotopic (exact) mass is 367 g/mol. The Morgan fingerprint density at radius 2 is 1.68 bits per heavy atom. The fraction of sp³-hybridized carbons (Fsp3) is 0.0435. The molecular formula is C23H17N3O2. The zero-order chi connectivity index (χ0) is 18.9. The number of nitrogens with one attached hydrogen (secondary N) is 1. The van der Waals surface area contributed by atoms with Crippen LogP contribution in [0.5, 0.6) is 0 Å². The summed E-state index contributed by atoms with van der Waals surface area (Å²) >= 11 is 0. The van der Waals surface area contributed by atoms with Gasteiger partial charge in [0.1, 0.15) is 23.1 Å². The largest absolute Gasteiger partial charge is 0.456 e. The Bertz CT molecular complexity index is 1300. The maximum Gasteiger partial charge on any atom is 0.316 e. The summed E-state index contributed by atoms with van der Waals surface area (Å²) in [5.41, 5.74) is 8.24. The summed E-state index contributed by atoms with van der Waals surface area (Å²) in [6.45, 7) is 1.94. The Balaban J connectivity index is 1.41. The summed E-state index contributed by atoms with van der Waals surface area (Å²) in [6.07, 6.45) is 1.62. The summed E-state index contributed by atoms with van der Waals surface area (Å²) in [4.78, 5) is 4.43. The lowest BCUT2D eigenvalue weighted by Gasteiger charge is -2.01.